The second kappa shape index (κ2) is 7.57. The molecule has 0 atom stereocenters. The van der Waals surface area contributed by atoms with E-state index in [1.165, 1.54) is 11.3 Å². The standard InChI is InChI=1S/C24H15NO4S/c26-22(12-15-6-2-1-3-7-15)28-17-11-10-16-13-18(24(27)29-20(16)14-17)23-25-19-8-4-5-9-21(19)30-23/h1-11,13-14H,12H2. The molecule has 0 spiro atoms. The van der Waals surface area contributed by atoms with E-state index in [9.17, 15) is 9.59 Å². The van der Waals surface area contributed by atoms with Crippen molar-refractivity contribution in [1.29, 1.82) is 0 Å². The van der Waals surface area contributed by atoms with Crippen LogP contribution in [0.3, 0.4) is 0 Å². The lowest BCUT2D eigenvalue weighted by molar-refractivity contribution is -0.133. The number of rotatable bonds is 4. The van der Waals surface area contributed by atoms with Crippen molar-refractivity contribution < 1.29 is 13.9 Å². The van der Waals surface area contributed by atoms with Crippen LogP contribution in [0, 0.1) is 0 Å². The number of carbonyl (C=O) groups excluding carboxylic acids is 1. The highest BCUT2D eigenvalue weighted by Gasteiger charge is 2.14. The summed E-state index contributed by atoms with van der Waals surface area (Å²) in [5.74, 6) is -0.0479. The van der Waals surface area contributed by atoms with Crippen molar-refractivity contribution in [2.45, 2.75) is 6.42 Å². The van der Waals surface area contributed by atoms with E-state index >= 15 is 0 Å². The lowest BCUT2D eigenvalue weighted by Crippen LogP contribution is -2.11. The summed E-state index contributed by atoms with van der Waals surface area (Å²) in [7, 11) is 0. The molecule has 0 saturated heterocycles. The molecule has 0 N–H and O–H groups in total. The molecule has 3 aromatic carbocycles. The van der Waals surface area contributed by atoms with Crippen LogP contribution in [0.5, 0.6) is 5.75 Å². The Morgan fingerprint density at radius 3 is 2.60 bits per heavy atom. The maximum Gasteiger partial charge on any atom is 0.346 e. The van der Waals surface area contributed by atoms with E-state index < -0.39 is 5.63 Å². The van der Waals surface area contributed by atoms with Gasteiger partial charge in [0.25, 0.3) is 0 Å². The van der Waals surface area contributed by atoms with Crippen LogP contribution in [-0.2, 0) is 11.2 Å². The van der Waals surface area contributed by atoms with Gasteiger partial charge < -0.3 is 9.15 Å². The van der Waals surface area contributed by atoms with Crippen LogP contribution < -0.4 is 10.4 Å². The van der Waals surface area contributed by atoms with Gasteiger partial charge in [-0.25, -0.2) is 9.78 Å². The molecule has 0 aliphatic carbocycles. The van der Waals surface area contributed by atoms with Gasteiger partial charge in [-0.2, -0.15) is 0 Å². The van der Waals surface area contributed by atoms with Gasteiger partial charge in [-0.15, -0.1) is 11.3 Å². The Morgan fingerprint density at radius 1 is 0.967 bits per heavy atom. The van der Waals surface area contributed by atoms with Gasteiger partial charge >= 0.3 is 11.6 Å². The van der Waals surface area contributed by atoms with Gasteiger partial charge in [-0.05, 0) is 35.9 Å². The molecule has 0 radical (unpaired) electrons. The fraction of sp³-hybridized carbons (Fsp3) is 0.0417. The van der Waals surface area contributed by atoms with E-state index in [0.29, 0.717) is 21.9 Å². The van der Waals surface area contributed by atoms with E-state index in [-0.39, 0.29) is 12.4 Å². The van der Waals surface area contributed by atoms with E-state index in [2.05, 4.69) is 4.98 Å². The summed E-state index contributed by atoms with van der Waals surface area (Å²) in [6.07, 6.45) is 0.166. The molecule has 5 aromatic rings. The SMILES string of the molecule is O=C(Cc1ccccc1)Oc1ccc2cc(-c3nc4ccccc4s3)c(=O)oc2c1. The van der Waals surface area contributed by atoms with E-state index in [1.807, 2.05) is 54.6 Å². The Kier molecular flexibility index (Phi) is 4.61. The zero-order valence-electron chi connectivity index (χ0n) is 15.7. The zero-order chi connectivity index (χ0) is 20.5. The van der Waals surface area contributed by atoms with Crippen molar-refractivity contribution >= 4 is 38.5 Å². The van der Waals surface area contributed by atoms with Crippen molar-refractivity contribution in [3.63, 3.8) is 0 Å². The molecule has 5 nitrogen and oxygen atoms in total. The Balaban J connectivity index is 1.43. The molecule has 2 aromatic heterocycles. The Morgan fingerprint density at radius 2 is 1.77 bits per heavy atom. The van der Waals surface area contributed by atoms with Crippen molar-refractivity contribution in [1.82, 2.24) is 4.98 Å². The molecule has 0 saturated carbocycles. The summed E-state index contributed by atoms with van der Waals surface area (Å²) in [5.41, 5.74) is 2.01. The molecule has 0 aliphatic heterocycles. The highest BCUT2D eigenvalue weighted by molar-refractivity contribution is 7.21. The van der Waals surface area contributed by atoms with Crippen molar-refractivity contribution in [3.05, 3.63) is 94.8 Å². The first-order chi connectivity index (χ1) is 14.7. The first kappa shape index (κ1) is 18.3. The number of fused-ring (bicyclic) bond motifs is 2. The largest absolute Gasteiger partial charge is 0.426 e. The molecule has 0 unspecified atom stereocenters. The molecule has 0 bridgehead atoms. The fourth-order valence-corrected chi connectivity index (χ4v) is 4.19. The van der Waals surface area contributed by atoms with Crippen LogP contribution in [-0.4, -0.2) is 11.0 Å². The monoisotopic (exact) mass is 413 g/mol. The maximum absolute atomic E-state index is 12.6. The molecular formula is C24H15NO4S. The number of benzene rings is 3. The highest BCUT2D eigenvalue weighted by Crippen LogP contribution is 2.30. The third-order valence-corrected chi connectivity index (χ3v) is 5.72. The smallest absolute Gasteiger partial charge is 0.346 e. The number of thiazole rings is 1. The van der Waals surface area contributed by atoms with Crippen LogP contribution in [0.15, 0.2) is 88.1 Å². The molecule has 0 fully saturated rings. The average molecular weight is 413 g/mol. The number of hydrogen-bond acceptors (Lipinski definition) is 6. The molecular weight excluding hydrogens is 398 g/mol. The Hall–Kier alpha value is -3.77. The second-order valence-electron chi connectivity index (χ2n) is 6.77. The van der Waals surface area contributed by atoms with Crippen LogP contribution in [0.1, 0.15) is 5.56 Å². The summed E-state index contributed by atoms with van der Waals surface area (Å²) in [6, 6.07) is 23.9. The highest BCUT2D eigenvalue weighted by atomic mass is 32.1. The van der Waals surface area contributed by atoms with Crippen LogP contribution in [0.2, 0.25) is 0 Å². The molecule has 5 rings (SSSR count). The second-order valence-corrected chi connectivity index (χ2v) is 7.80. The van der Waals surface area contributed by atoms with Crippen molar-refractivity contribution in [3.8, 4) is 16.3 Å². The number of esters is 1. The normalized spacial score (nSPS) is 11.1. The van der Waals surface area contributed by atoms with Gasteiger partial charge in [-0.1, -0.05) is 42.5 Å². The van der Waals surface area contributed by atoms with Crippen molar-refractivity contribution in [2.24, 2.45) is 0 Å². The summed E-state index contributed by atoms with van der Waals surface area (Å²) in [5, 5.41) is 1.34. The van der Waals surface area contributed by atoms with E-state index in [1.54, 1.807) is 24.3 Å². The Labute approximate surface area is 175 Å². The van der Waals surface area contributed by atoms with Crippen LogP contribution in [0.25, 0.3) is 31.8 Å². The van der Waals surface area contributed by atoms with Crippen molar-refractivity contribution in [2.75, 3.05) is 0 Å². The van der Waals surface area contributed by atoms with E-state index in [0.717, 1.165) is 21.2 Å². The van der Waals surface area contributed by atoms with Crippen LogP contribution in [0.4, 0.5) is 0 Å². The predicted octanol–water partition coefficient (Wildman–Crippen LogP) is 5.22. The molecule has 6 heteroatoms. The zero-order valence-corrected chi connectivity index (χ0v) is 16.5. The topological polar surface area (TPSA) is 69.4 Å². The van der Waals surface area contributed by atoms with Crippen LogP contribution >= 0.6 is 11.3 Å². The van der Waals surface area contributed by atoms with E-state index in [4.69, 9.17) is 9.15 Å². The summed E-state index contributed by atoms with van der Waals surface area (Å²) in [6.45, 7) is 0. The summed E-state index contributed by atoms with van der Waals surface area (Å²) in [4.78, 5) is 29.3. The molecule has 2 heterocycles. The third kappa shape index (κ3) is 3.60. The Bertz CT molecular complexity index is 1400. The lowest BCUT2D eigenvalue weighted by Gasteiger charge is -2.06. The predicted molar refractivity (Wildman–Crippen MR) is 117 cm³/mol. The van der Waals surface area contributed by atoms with Gasteiger partial charge in [0.05, 0.1) is 22.2 Å². The van der Waals surface area contributed by atoms with Gasteiger partial charge in [0.1, 0.15) is 16.3 Å². The lowest BCUT2D eigenvalue weighted by atomic mass is 10.1. The first-order valence-corrected chi connectivity index (χ1v) is 10.2. The van der Waals surface area contributed by atoms with Gasteiger partial charge in [0.2, 0.25) is 0 Å². The number of ether oxygens (including phenoxy) is 1. The number of hydrogen-bond donors (Lipinski definition) is 0. The summed E-state index contributed by atoms with van der Waals surface area (Å²) < 4.78 is 11.9. The molecule has 0 aliphatic rings. The minimum absolute atomic E-state index is 0.166. The van der Waals surface area contributed by atoms with Gasteiger partial charge in [-0.3, -0.25) is 4.79 Å². The summed E-state index contributed by atoms with van der Waals surface area (Å²) >= 11 is 1.45. The minimum Gasteiger partial charge on any atom is -0.426 e. The fourth-order valence-electron chi connectivity index (χ4n) is 3.22. The number of nitrogens with zero attached hydrogens (tertiary/aromatic N) is 1. The maximum atomic E-state index is 12.6. The minimum atomic E-state index is -0.477. The average Bonchev–Trinajstić information content (AvgIpc) is 3.18. The quantitative estimate of drug-likeness (QED) is 0.230. The molecule has 30 heavy (non-hydrogen) atoms. The number of aromatic nitrogens is 1. The third-order valence-electron chi connectivity index (χ3n) is 4.65. The van der Waals surface area contributed by atoms with Gasteiger partial charge in [0, 0.05) is 11.5 Å². The number of carbonyl (C=O) groups is 1. The number of para-hydroxylation sites is 1. The molecule has 146 valence electrons. The van der Waals surface area contributed by atoms with Gasteiger partial charge in [0.15, 0.2) is 0 Å². The molecule has 0 amide bonds. The first-order valence-electron chi connectivity index (χ1n) is 9.34.